The van der Waals surface area contributed by atoms with Gasteiger partial charge in [0, 0.05) is 11.3 Å². The summed E-state index contributed by atoms with van der Waals surface area (Å²) in [7, 11) is 0. The van der Waals surface area contributed by atoms with Crippen LogP contribution in [0.3, 0.4) is 0 Å². The molecule has 0 aromatic carbocycles. The Morgan fingerprint density at radius 3 is 2.00 bits per heavy atom. The molecule has 2 nitrogen and oxygen atoms in total. The molecule has 0 unspecified atom stereocenters. The van der Waals surface area contributed by atoms with E-state index in [9.17, 15) is 4.79 Å². The molecule has 0 radical (unpaired) electrons. The molecule has 0 fully saturated rings. The summed E-state index contributed by atoms with van der Waals surface area (Å²) in [6, 6.07) is 0.195. The Morgan fingerprint density at radius 2 is 1.67 bits per heavy atom. The minimum absolute atomic E-state index is 0.0531. The number of hydrogen-bond acceptors (Lipinski definition) is 2. The summed E-state index contributed by atoms with van der Waals surface area (Å²) >= 11 is 1.63. The molecule has 1 amide bonds. The van der Waals surface area contributed by atoms with Gasteiger partial charge in [0.15, 0.2) is 0 Å². The maximum atomic E-state index is 11.8. The number of carbonyl (C=O) groups excluding carboxylic acids is 1. The largest absolute Gasteiger partial charge is 0.349 e. The SMILES string of the molecule is CC(C)/C=C(\SC(C)C)C(=O)NC(C)C. The van der Waals surface area contributed by atoms with Crippen molar-refractivity contribution in [3.05, 3.63) is 11.0 Å². The van der Waals surface area contributed by atoms with Crippen molar-refractivity contribution in [2.45, 2.75) is 52.8 Å². The second kappa shape index (κ2) is 6.94. The smallest absolute Gasteiger partial charge is 0.257 e. The molecule has 88 valence electrons. The molecule has 0 saturated heterocycles. The second-order valence-electron chi connectivity index (χ2n) is 4.57. The van der Waals surface area contributed by atoms with Gasteiger partial charge in [0.25, 0.3) is 5.91 Å². The molecule has 0 atom stereocenters. The van der Waals surface area contributed by atoms with Crippen molar-refractivity contribution in [3.8, 4) is 0 Å². The van der Waals surface area contributed by atoms with E-state index in [1.54, 1.807) is 11.8 Å². The molecular formula is C12H23NOS. The highest BCUT2D eigenvalue weighted by Crippen LogP contribution is 2.23. The number of amides is 1. The maximum absolute atomic E-state index is 11.8. The van der Waals surface area contributed by atoms with E-state index in [-0.39, 0.29) is 11.9 Å². The van der Waals surface area contributed by atoms with Gasteiger partial charge in [-0.15, -0.1) is 11.8 Å². The summed E-state index contributed by atoms with van der Waals surface area (Å²) in [6.07, 6.45) is 2.03. The van der Waals surface area contributed by atoms with Gasteiger partial charge in [0.1, 0.15) is 0 Å². The highest BCUT2D eigenvalue weighted by atomic mass is 32.2. The molecule has 0 heterocycles. The van der Waals surface area contributed by atoms with Crippen LogP contribution in [0.15, 0.2) is 11.0 Å². The van der Waals surface area contributed by atoms with Gasteiger partial charge in [-0.05, 0) is 19.8 Å². The lowest BCUT2D eigenvalue weighted by Gasteiger charge is -2.13. The van der Waals surface area contributed by atoms with Crippen LogP contribution < -0.4 is 5.32 Å². The Kier molecular flexibility index (Phi) is 6.73. The van der Waals surface area contributed by atoms with Gasteiger partial charge in [-0.3, -0.25) is 4.79 Å². The van der Waals surface area contributed by atoms with Crippen LogP contribution in [0.1, 0.15) is 41.5 Å². The number of carbonyl (C=O) groups is 1. The van der Waals surface area contributed by atoms with Crippen molar-refractivity contribution < 1.29 is 4.79 Å². The first-order valence-electron chi connectivity index (χ1n) is 5.52. The molecule has 3 heteroatoms. The van der Waals surface area contributed by atoms with Crippen LogP contribution >= 0.6 is 11.8 Å². The number of allylic oxidation sites excluding steroid dienone is 1. The van der Waals surface area contributed by atoms with Gasteiger partial charge in [-0.2, -0.15) is 0 Å². The summed E-state index contributed by atoms with van der Waals surface area (Å²) in [5, 5.41) is 3.36. The zero-order valence-corrected chi connectivity index (χ0v) is 11.4. The molecule has 0 saturated carbocycles. The van der Waals surface area contributed by atoms with Gasteiger partial charge in [0.05, 0.1) is 4.91 Å². The van der Waals surface area contributed by atoms with E-state index in [4.69, 9.17) is 0 Å². The molecule has 0 aliphatic carbocycles. The fourth-order valence-electron chi connectivity index (χ4n) is 1.06. The van der Waals surface area contributed by atoms with Crippen LogP contribution in [-0.2, 0) is 4.79 Å². The number of thioether (sulfide) groups is 1. The summed E-state index contributed by atoms with van der Waals surface area (Å²) in [4.78, 5) is 12.7. The van der Waals surface area contributed by atoms with E-state index in [1.165, 1.54) is 0 Å². The highest BCUT2D eigenvalue weighted by Gasteiger charge is 2.13. The van der Waals surface area contributed by atoms with Crippen molar-refractivity contribution in [1.29, 1.82) is 0 Å². The van der Waals surface area contributed by atoms with Crippen molar-refractivity contribution in [2.24, 2.45) is 5.92 Å². The zero-order chi connectivity index (χ0) is 12.0. The molecule has 0 aliphatic heterocycles. The lowest BCUT2D eigenvalue weighted by atomic mass is 10.2. The standard InChI is InChI=1S/C12H23NOS/c1-8(2)7-11(15-10(5)6)12(14)13-9(3)4/h7-10H,1-6H3,(H,13,14)/b11-7-. The summed E-state index contributed by atoms with van der Waals surface area (Å²) in [5.41, 5.74) is 0. The lowest BCUT2D eigenvalue weighted by Crippen LogP contribution is -2.31. The Morgan fingerprint density at radius 1 is 1.13 bits per heavy atom. The third-order valence-electron chi connectivity index (χ3n) is 1.49. The maximum Gasteiger partial charge on any atom is 0.257 e. The average Bonchev–Trinajstić information content (AvgIpc) is 1.99. The van der Waals surface area contributed by atoms with Crippen LogP contribution in [0.5, 0.6) is 0 Å². The Labute approximate surface area is 97.9 Å². The van der Waals surface area contributed by atoms with E-state index in [2.05, 4.69) is 33.0 Å². The number of nitrogens with one attached hydrogen (secondary N) is 1. The van der Waals surface area contributed by atoms with Crippen LogP contribution in [-0.4, -0.2) is 17.2 Å². The summed E-state index contributed by atoms with van der Waals surface area (Å²) in [5.74, 6) is 0.460. The Balaban J connectivity index is 4.56. The minimum Gasteiger partial charge on any atom is -0.349 e. The molecular weight excluding hydrogens is 206 g/mol. The Bertz CT molecular complexity index is 232. The first kappa shape index (κ1) is 14.6. The predicted molar refractivity (Wildman–Crippen MR) is 68.9 cm³/mol. The van der Waals surface area contributed by atoms with Crippen molar-refractivity contribution in [2.75, 3.05) is 0 Å². The fourth-order valence-corrected chi connectivity index (χ4v) is 2.08. The van der Waals surface area contributed by atoms with Gasteiger partial charge in [0.2, 0.25) is 0 Å². The first-order valence-corrected chi connectivity index (χ1v) is 6.40. The van der Waals surface area contributed by atoms with Crippen molar-refractivity contribution in [1.82, 2.24) is 5.32 Å². The zero-order valence-electron chi connectivity index (χ0n) is 10.6. The van der Waals surface area contributed by atoms with Crippen molar-refractivity contribution >= 4 is 17.7 Å². The van der Waals surface area contributed by atoms with Crippen LogP contribution in [0, 0.1) is 5.92 Å². The van der Waals surface area contributed by atoms with Gasteiger partial charge in [-0.25, -0.2) is 0 Å². The summed E-state index contributed by atoms with van der Waals surface area (Å²) < 4.78 is 0. The van der Waals surface area contributed by atoms with E-state index in [0.717, 1.165) is 4.91 Å². The molecule has 0 aromatic heterocycles. The highest BCUT2D eigenvalue weighted by molar-refractivity contribution is 8.04. The summed E-state index contributed by atoms with van der Waals surface area (Å²) in [6.45, 7) is 12.3. The Hall–Kier alpha value is -0.440. The molecule has 0 bridgehead atoms. The number of hydrogen-bond donors (Lipinski definition) is 1. The third kappa shape index (κ3) is 7.48. The quantitative estimate of drug-likeness (QED) is 0.734. The molecule has 1 N–H and O–H groups in total. The predicted octanol–water partition coefficient (Wildman–Crippen LogP) is 3.19. The minimum atomic E-state index is 0.0531. The molecule has 15 heavy (non-hydrogen) atoms. The van der Waals surface area contributed by atoms with Crippen LogP contribution in [0.4, 0.5) is 0 Å². The fraction of sp³-hybridized carbons (Fsp3) is 0.750. The van der Waals surface area contributed by atoms with Crippen LogP contribution in [0.2, 0.25) is 0 Å². The lowest BCUT2D eigenvalue weighted by molar-refractivity contribution is -0.117. The van der Waals surface area contributed by atoms with E-state index >= 15 is 0 Å². The van der Waals surface area contributed by atoms with Gasteiger partial charge < -0.3 is 5.32 Å². The monoisotopic (exact) mass is 229 g/mol. The molecule has 0 aromatic rings. The van der Waals surface area contributed by atoms with Crippen LogP contribution in [0.25, 0.3) is 0 Å². The molecule has 0 aliphatic rings. The van der Waals surface area contributed by atoms with E-state index in [0.29, 0.717) is 11.2 Å². The molecule has 0 rings (SSSR count). The topological polar surface area (TPSA) is 29.1 Å². The van der Waals surface area contributed by atoms with E-state index in [1.807, 2.05) is 19.9 Å². The second-order valence-corrected chi connectivity index (χ2v) is 6.19. The van der Waals surface area contributed by atoms with Gasteiger partial charge in [-0.1, -0.05) is 33.8 Å². The van der Waals surface area contributed by atoms with Gasteiger partial charge >= 0.3 is 0 Å². The average molecular weight is 229 g/mol. The normalized spacial score (nSPS) is 12.7. The first-order chi connectivity index (χ1) is 6.82. The third-order valence-corrected chi connectivity index (χ3v) is 2.54. The molecule has 0 spiro atoms. The van der Waals surface area contributed by atoms with E-state index < -0.39 is 0 Å². The number of rotatable bonds is 5. The van der Waals surface area contributed by atoms with Crippen molar-refractivity contribution in [3.63, 3.8) is 0 Å².